The van der Waals surface area contributed by atoms with E-state index in [-0.39, 0.29) is 6.04 Å². The first-order valence-corrected chi connectivity index (χ1v) is 8.02. The van der Waals surface area contributed by atoms with Gasteiger partial charge < -0.3 is 5.32 Å². The third kappa shape index (κ3) is 3.23. The Labute approximate surface area is 135 Å². The van der Waals surface area contributed by atoms with Gasteiger partial charge in [-0.1, -0.05) is 41.4 Å². The van der Waals surface area contributed by atoms with Crippen LogP contribution in [0, 0.1) is 0 Å². The van der Waals surface area contributed by atoms with Crippen LogP contribution >= 0.6 is 23.2 Å². The molecule has 0 amide bonds. The highest BCUT2D eigenvalue weighted by Crippen LogP contribution is 2.28. The molecule has 4 heteroatoms. The van der Waals surface area contributed by atoms with Crippen molar-refractivity contribution in [3.63, 3.8) is 0 Å². The van der Waals surface area contributed by atoms with Gasteiger partial charge in [0.05, 0.1) is 21.8 Å². The van der Waals surface area contributed by atoms with E-state index >= 15 is 0 Å². The second-order valence-corrected chi connectivity index (χ2v) is 6.37. The summed E-state index contributed by atoms with van der Waals surface area (Å²) < 4.78 is 0. The Morgan fingerprint density at radius 1 is 1.19 bits per heavy atom. The zero-order valence-electron chi connectivity index (χ0n) is 12.0. The summed E-state index contributed by atoms with van der Waals surface area (Å²) in [6.07, 6.45) is 6.22. The number of halogens is 2. The Hall–Kier alpha value is -1.09. The van der Waals surface area contributed by atoms with E-state index in [1.165, 1.54) is 36.0 Å². The number of fused-ring (bicyclic) bond motifs is 1. The highest BCUT2D eigenvalue weighted by atomic mass is 35.5. The molecule has 1 aromatic heterocycles. The fraction of sp³-hybridized carbons (Fsp3) is 0.353. The minimum absolute atomic E-state index is 0.0919. The smallest absolute Gasteiger partial charge is 0.0763 e. The number of likely N-dealkylation sites (N-methyl/N-ethyl adjacent to an activating group) is 1. The summed E-state index contributed by atoms with van der Waals surface area (Å²) in [5.74, 6) is 0. The summed E-state index contributed by atoms with van der Waals surface area (Å²) in [5.41, 5.74) is 5.17. The van der Waals surface area contributed by atoms with Crippen molar-refractivity contribution in [2.45, 2.75) is 31.7 Å². The van der Waals surface area contributed by atoms with Gasteiger partial charge in [-0.3, -0.25) is 4.98 Å². The van der Waals surface area contributed by atoms with E-state index in [1.807, 2.05) is 7.05 Å². The summed E-state index contributed by atoms with van der Waals surface area (Å²) in [6.45, 7) is 0. The Morgan fingerprint density at radius 2 is 2.00 bits per heavy atom. The highest BCUT2D eigenvalue weighted by Gasteiger charge is 2.17. The summed E-state index contributed by atoms with van der Waals surface area (Å²) in [7, 11) is 1.94. The molecule has 21 heavy (non-hydrogen) atoms. The maximum Gasteiger partial charge on any atom is 0.0763 e. The van der Waals surface area contributed by atoms with Crippen LogP contribution in [0.2, 0.25) is 10.0 Å². The maximum absolute atomic E-state index is 6.28. The first kappa shape index (κ1) is 14.8. The molecule has 0 saturated heterocycles. The average molecular weight is 321 g/mol. The van der Waals surface area contributed by atoms with E-state index in [9.17, 15) is 0 Å². The van der Waals surface area contributed by atoms with Gasteiger partial charge in [-0.2, -0.15) is 0 Å². The number of rotatable bonds is 4. The van der Waals surface area contributed by atoms with Crippen LogP contribution in [-0.4, -0.2) is 12.0 Å². The summed E-state index contributed by atoms with van der Waals surface area (Å²) >= 11 is 12.2. The third-order valence-electron chi connectivity index (χ3n) is 4.12. The molecule has 3 rings (SSSR count). The normalized spacial score (nSPS) is 15.0. The molecule has 110 valence electrons. The lowest BCUT2D eigenvalue weighted by atomic mass is 9.99. The monoisotopic (exact) mass is 320 g/mol. The van der Waals surface area contributed by atoms with Gasteiger partial charge in [0.1, 0.15) is 0 Å². The van der Waals surface area contributed by atoms with Crippen molar-refractivity contribution in [3.8, 4) is 0 Å². The predicted octanol–water partition coefficient (Wildman–Crippen LogP) is 4.38. The van der Waals surface area contributed by atoms with E-state index in [0.29, 0.717) is 10.0 Å². The molecule has 1 aromatic carbocycles. The zero-order valence-corrected chi connectivity index (χ0v) is 13.5. The SMILES string of the molecule is CNC(Cc1ccc2c(c1)CCC2)c1ncc(Cl)cc1Cl. The lowest BCUT2D eigenvalue weighted by Crippen LogP contribution is -2.20. The molecule has 1 atom stereocenters. The first-order valence-electron chi connectivity index (χ1n) is 7.26. The second-order valence-electron chi connectivity index (χ2n) is 5.52. The number of aryl methyl sites for hydroxylation is 2. The van der Waals surface area contributed by atoms with Gasteiger partial charge in [-0.05, 0) is 55.5 Å². The molecule has 0 saturated carbocycles. The van der Waals surface area contributed by atoms with E-state index < -0.39 is 0 Å². The number of nitrogens with zero attached hydrogens (tertiary/aromatic N) is 1. The van der Waals surface area contributed by atoms with Crippen LogP contribution in [0.3, 0.4) is 0 Å². The molecule has 0 fully saturated rings. The maximum atomic E-state index is 6.28. The summed E-state index contributed by atoms with van der Waals surface area (Å²) in [4.78, 5) is 4.39. The van der Waals surface area contributed by atoms with Gasteiger partial charge in [0, 0.05) is 6.20 Å². The van der Waals surface area contributed by atoms with Gasteiger partial charge in [0.15, 0.2) is 0 Å². The van der Waals surface area contributed by atoms with Gasteiger partial charge in [-0.15, -0.1) is 0 Å². The van der Waals surface area contributed by atoms with Crippen molar-refractivity contribution in [2.75, 3.05) is 7.05 Å². The Bertz CT molecular complexity index is 655. The zero-order chi connectivity index (χ0) is 14.8. The van der Waals surface area contributed by atoms with E-state index in [0.717, 1.165) is 12.1 Å². The quantitative estimate of drug-likeness (QED) is 0.904. The van der Waals surface area contributed by atoms with E-state index in [1.54, 1.807) is 12.3 Å². The second kappa shape index (κ2) is 6.35. The minimum Gasteiger partial charge on any atom is -0.311 e. The number of pyridine rings is 1. The van der Waals surface area contributed by atoms with Crippen molar-refractivity contribution < 1.29 is 0 Å². The average Bonchev–Trinajstić information content (AvgIpc) is 2.93. The lowest BCUT2D eigenvalue weighted by Gasteiger charge is -2.17. The largest absolute Gasteiger partial charge is 0.311 e. The van der Waals surface area contributed by atoms with Crippen molar-refractivity contribution in [1.29, 1.82) is 0 Å². The molecule has 1 aliphatic rings. The van der Waals surface area contributed by atoms with E-state index in [4.69, 9.17) is 23.2 Å². The Kier molecular flexibility index (Phi) is 4.48. The van der Waals surface area contributed by atoms with Gasteiger partial charge in [0.2, 0.25) is 0 Å². The van der Waals surface area contributed by atoms with Crippen LogP contribution < -0.4 is 5.32 Å². The molecule has 0 spiro atoms. The fourth-order valence-corrected chi connectivity index (χ4v) is 3.52. The molecule has 2 nitrogen and oxygen atoms in total. The third-order valence-corrected chi connectivity index (χ3v) is 4.63. The predicted molar refractivity (Wildman–Crippen MR) is 88.2 cm³/mol. The van der Waals surface area contributed by atoms with Crippen LogP contribution in [0.1, 0.15) is 34.8 Å². The fourth-order valence-electron chi connectivity index (χ4n) is 3.00. The molecule has 2 aromatic rings. The van der Waals surface area contributed by atoms with Crippen LogP contribution in [-0.2, 0) is 19.3 Å². The Morgan fingerprint density at radius 3 is 2.76 bits per heavy atom. The lowest BCUT2D eigenvalue weighted by molar-refractivity contribution is 0.576. The number of hydrogen-bond acceptors (Lipinski definition) is 2. The molecule has 0 aliphatic heterocycles. The van der Waals surface area contributed by atoms with Crippen LogP contribution in [0.15, 0.2) is 30.5 Å². The molecular formula is C17H18Cl2N2. The van der Waals surface area contributed by atoms with Crippen LogP contribution in [0.5, 0.6) is 0 Å². The molecule has 1 unspecified atom stereocenters. The molecule has 0 bridgehead atoms. The number of benzene rings is 1. The Balaban J connectivity index is 1.84. The van der Waals surface area contributed by atoms with Crippen LogP contribution in [0.25, 0.3) is 0 Å². The molecule has 0 radical (unpaired) electrons. The highest BCUT2D eigenvalue weighted by molar-refractivity contribution is 6.34. The van der Waals surface area contributed by atoms with Crippen molar-refractivity contribution in [2.24, 2.45) is 0 Å². The van der Waals surface area contributed by atoms with Crippen molar-refractivity contribution in [1.82, 2.24) is 10.3 Å². The van der Waals surface area contributed by atoms with Gasteiger partial charge >= 0.3 is 0 Å². The summed E-state index contributed by atoms with van der Waals surface area (Å²) in [6, 6.07) is 8.66. The molecule has 1 N–H and O–H groups in total. The van der Waals surface area contributed by atoms with E-state index in [2.05, 4.69) is 28.5 Å². The first-order chi connectivity index (χ1) is 10.2. The van der Waals surface area contributed by atoms with Gasteiger partial charge in [-0.25, -0.2) is 0 Å². The van der Waals surface area contributed by atoms with Crippen molar-refractivity contribution in [3.05, 3.63) is 62.9 Å². The molecule has 1 heterocycles. The summed E-state index contributed by atoms with van der Waals surface area (Å²) in [5, 5.41) is 4.48. The molecule has 1 aliphatic carbocycles. The van der Waals surface area contributed by atoms with Gasteiger partial charge in [0.25, 0.3) is 0 Å². The van der Waals surface area contributed by atoms with Crippen molar-refractivity contribution >= 4 is 23.2 Å². The topological polar surface area (TPSA) is 24.9 Å². The number of aromatic nitrogens is 1. The van der Waals surface area contributed by atoms with Crippen LogP contribution in [0.4, 0.5) is 0 Å². The molecular weight excluding hydrogens is 303 g/mol. The standard InChI is InChI=1S/C17H18Cl2N2/c1-20-16(17-15(19)9-14(18)10-21-17)8-11-5-6-12-3-2-4-13(12)7-11/h5-7,9-10,16,20H,2-4,8H2,1H3. The number of nitrogens with one attached hydrogen (secondary N) is 1. The minimum atomic E-state index is 0.0919. The number of hydrogen-bond donors (Lipinski definition) is 1.